The van der Waals surface area contributed by atoms with Crippen molar-refractivity contribution >= 4 is 13.8 Å². The van der Waals surface area contributed by atoms with Gasteiger partial charge in [0, 0.05) is 0 Å². The van der Waals surface area contributed by atoms with Gasteiger partial charge in [0.25, 0.3) is 0 Å². The van der Waals surface area contributed by atoms with Crippen LogP contribution in [0, 0.1) is 0 Å². The third kappa shape index (κ3) is 2.59. The number of aliphatic carboxylic acids is 1. The van der Waals surface area contributed by atoms with E-state index < -0.39 is 11.4 Å². The molecule has 0 fully saturated rings. The Kier molecular flexibility index (Phi) is 2.73. The van der Waals surface area contributed by atoms with E-state index in [-0.39, 0.29) is 6.42 Å². The van der Waals surface area contributed by atoms with E-state index in [1.807, 2.05) is 18.2 Å². The first-order valence-electron chi connectivity index (χ1n) is 3.87. The summed E-state index contributed by atoms with van der Waals surface area (Å²) in [5.41, 5.74) is 4.51. The van der Waals surface area contributed by atoms with Crippen molar-refractivity contribution in [3.8, 4) is 0 Å². The molecule has 0 unspecified atom stereocenters. The minimum Gasteiger partial charge on any atom is -0.480 e. The van der Waals surface area contributed by atoms with Gasteiger partial charge >= 0.3 is 5.97 Å². The molecule has 0 heterocycles. The van der Waals surface area contributed by atoms with Crippen LogP contribution in [0.25, 0.3) is 0 Å². The number of nitrogens with two attached hydrogens (primary N) is 1. The van der Waals surface area contributed by atoms with E-state index in [2.05, 4.69) is 0 Å². The Labute approximate surface area is 78.0 Å². The predicted octanol–water partition coefficient (Wildman–Crippen LogP) is 0.137. The summed E-state index contributed by atoms with van der Waals surface area (Å²) in [6.07, 6.45) is 0.128. The summed E-state index contributed by atoms with van der Waals surface area (Å²) in [5, 5.41) is 8.65. The van der Waals surface area contributed by atoms with Gasteiger partial charge in [-0.15, -0.1) is 0 Å². The van der Waals surface area contributed by atoms with Crippen molar-refractivity contribution in [3.05, 3.63) is 35.9 Å². The minimum atomic E-state index is -1.68. The summed E-state index contributed by atoms with van der Waals surface area (Å²) < 4.78 is 0. The first-order valence-corrected chi connectivity index (χ1v) is 3.87. The molecule has 0 saturated heterocycles. The molecule has 0 aliphatic rings. The molecule has 1 aromatic carbocycles. The van der Waals surface area contributed by atoms with Gasteiger partial charge in [0.2, 0.25) is 0 Å². The Morgan fingerprint density at radius 2 is 2.00 bits per heavy atom. The van der Waals surface area contributed by atoms with E-state index in [0.29, 0.717) is 0 Å². The van der Waals surface area contributed by atoms with E-state index in [0.717, 1.165) is 5.56 Å². The van der Waals surface area contributed by atoms with Crippen LogP contribution < -0.4 is 5.73 Å². The fourth-order valence-corrected chi connectivity index (χ4v) is 1.01. The topological polar surface area (TPSA) is 63.3 Å². The molecule has 0 amide bonds. The van der Waals surface area contributed by atoms with Crippen molar-refractivity contribution in [1.29, 1.82) is 0 Å². The largest absolute Gasteiger partial charge is 0.480 e. The van der Waals surface area contributed by atoms with Gasteiger partial charge < -0.3 is 10.8 Å². The van der Waals surface area contributed by atoms with Crippen LogP contribution in [0.15, 0.2) is 30.3 Å². The standard InChI is InChI=1S/C9H10BNO2/c10-9(11,8(12)13)6-7-4-2-1-3-5-7/h1-5H,6,11H2,(H,12,13)/t9-/m0/s1. The van der Waals surface area contributed by atoms with Crippen LogP contribution in [-0.2, 0) is 11.2 Å². The van der Waals surface area contributed by atoms with Crippen molar-refractivity contribution in [2.75, 3.05) is 0 Å². The molecule has 1 aromatic rings. The summed E-state index contributed by atoms with van der Waals surface area (Å²) >= 11 is 0. The Balaban J connectivity index is 2.75. The molecule has 4 heteroatoms. The summed E-state index contributed by atoms with van der Waals surface area (Å²) in [5.74, 6) is -1.20. The van der Waals surface area contributed by atoms with E-state index in [9.17, 15) is 4.79 Å². The first kappa shape index (κ1) is 9.80. The second kappa shape index (κ2) is 3.62. The molecule has 0 aromatic heterocycles. The third-order valence-electron chi connectivity index (χ3n) is 1.74. The maximum Gasteiger partial charge on any atom is 0.314 e. The average Bonchev–Trinajstić information content (AvgIpc) is 2.05. The van der Waals surface area contributed by atoms with Crippen molar-refractivity contribution in [3.63, 3.8) is 0 Å². The van der Waals surface area contributed by atoms with E-state index in [4.69, 9.17) is 18.7 Å². The average molecular weight is 175 g/mol. The molecule has 13 heavy (non-hydrogen) atoms. The zero-order valence-electron chi connectivity index (χ0n) is 7.10. The monoisotopic (exact) mass is 175 g/mol. The second-order valence-electron chi connectivity index (χ2n) is 3.01. The fourth-order valence-electron chi connectivity index (χ4n) is 1.01. The predicted molar refractivity (Wildman–Crippen MR) is 50.5 cm³/mol. The Morgan fingerprint density at radius 1 is 1.46 bits per heavy atom. The highest BCUT2D eigenvalue weighted by atomic mass is 16.4. The Bertz CT molecular complexity index is 298. The van der Waals surface area contributed by atoms with Crippen LogP contribution in [0.4, 0.5) is 0 Å². The fraction of sp³-hybridized carbons (Fsp3) is 0.222. The van der Waals surface area contributed by atoms with Crippen molar-refractivity contribution in [2.45, 2.75) is 11.9 Å². The van der Waals surface area contributed by atoms with Crippen LogP contribution in [0.1, 0.15) is 5.56 Å². The molecule has 2 radical (unpaired) electrons. The molecule has 0 spiro atoms. The first-order chi connectivity index (χ1) is 6.02. The molecule has 3 nitrogen and oxygen atoms in total. The molecule has 0 aliphatic carbocycles. The summed E-state index contributed by atoms with van der Waals surface area (Å²) in [4.78, 5) is 10.6. The second-order valence-corrected chi connectivity index (χ2v) is 3.01. The smallest absolute Gasteiger partial charge is 0.314 e. The molecule has 1 rings (SSSR count). The van der Waals surface area contributed by atoms with Gasteiger partial charge in [-0.1, -0.05) is 30.3 Å². The number of rotatable bonds is 3. The van der Waals surface area contributed by atoms with Gasteiger partial charge in [-0.05, 0) is 12.0 Å². The van der Waals surface area contributed by atoms with Gasteiger partial charge in [0.1, 0.15) is 7.85 Å². The number of hydrogen-bond acceptors (Lipinski definition) is 2. The van der Waals surface area contributed by atoms with E-state index in [1.165, 1.54) is 0 Å². The maximum absolute atomic E-state index is 10.6. The summed E-state index contributed by atoms with van der Waals surface area (Å²) in [6, 6.07) is 9.05. The number of hydrogen-bond donors (Lipinski definition) is 2. The molecule has 66 valence electrons. The molecular weight excluding hydrogens is 165 g/mol. The van der Waals surface area contributed by atoms with E-state index >= 15 is 0 Å². The quantitative estimate of drug-likeness (QED) is 0.642. The number of carboxylic acids is 1. The minimum absolute atomic E-state index is 0.128. The SMILES string of the molecule is [B][C@](N)(Cc1ccccc1)C(=O)O. The van der Waals surface area contributed by atoms with Gasteiger partial charge in [0.05, 0.1) is 5.44 Å². The van der Waals surface area contributed by atoms with Gasteiger partial charge in [0.15, 0.2) is 0 Å². The highest BCUT2D eigenvalue weighted by Crippen LogP contribution is 2.07. The number of carbonyl (C=O) groups is 1. The van der Waals surface area contributed by atoms with Gasteiger partial charge in [-0.2, -0.15) is 0 Å². The molecule has 3 N–H and O–H groups in total. The van der Waals surface area contributed by atoms with E-state index in [1.54, 1.807) is 12.1 Å². The highest BCUT2D eigenvalue weighted by molar-refractivity contribution is 6.26. The zero-order chi connectivity index (χ0) is 9.90. The van der Waals surface area contributed by atoms with Gasteiger partial charge in [-0.3, -0.25) is 4.79 Å². The summed E-state index contributed by atoms with van der Waals surface area (Å²) in [7, 11) is 5.37. The lowest BCUT2D eigenvalue weighted by Crippen LogP contribution is -2.50. The highest BCUT2D eigenvalue weighted by Gasteiger charge is 2.26. The number of carboxylic acid groups (broad SMARTS) is 1. The molecule has 0 aliphatic heterocycles. The Morgan fingerprint density at radius 3 is 2.46 bits per heavy atom. The molecular formula is C9H10BNO2. The normalized spacial score (nSPS) is 14.8. The Hall–Kier alpha value is -1.29. The van der Waals surface area contributed by atoms with Crippen molar-refractivity contribution < 1.29 is 9.90 Å². The third-order valence-corrected chi connectivity index (χ3v) is 1.74. The maximum atomic E-state index is 10.6. The van der Waals surface area contributed by atoms with Crippen LogP contribution in [0.3, 0.4) is 0 Å². The van der Waals surface area contributed by atoms with Crippen LogP contribution in [0.2, 0.25) is 0 Å². The molecule has 1 atom stereocenters. The lowest BCUT2D eigenvalue weighted by atomic mass is 9.74. The number of benzene rings is 1. The molecule has 0 saturated carbocycles. The van der Waals surface area contributed by atoms with Crippen LogP contribution >= 0.6 is 0 Å². The van der Waals surface area contributed by atoms with Crippen molar-refractivity contribution in [2.24, 2.45) is 5.73 Å². The van der Waals surface area contributed by atoms with Gasteiger partial charge in [-0.25, -0.2) is 0 Å². The summed E-state index contributed by atoms with van der Waals surface area (Å²) in [6.45, 7) is 0. The molecule has 0 bridgehead atoms. The van der Waals surface area contributed by atoms with Crippen molar-refractivity contribution in [1.82, 2.24) is 0 Å². The van der Waals surface area contributed by atoms with Crippen LogP contribution in [-0.4, -0.2) is 24.4 Å². The van der Waals surface area contributed by atoms with Crippen LogP contribution in [0.5, 0.6) is 0 Å². The zero-order valence-corrected chi connectivity index (χ0v) is 7.10. The lowest BCUT2D eigenvalue weighted by molar-refractivity contribution is -0.140. The lowest BCUT2D eigenvalue weighted by Gasteiger charge is -2.19.